The highest BCUT2D eigenvalue weighted by molar-refractivity contribution is 7.89. The minimum atomic E-state index is -3.56. The van der Waals surface area contributed by atoms with Crippen molar-refractivity contribution in [2.75, 3.05) is 18.4 Å². The van der Waals surface area contributed by atoms with Gasteiger partial charge in [-0.3, -0.25) is 4.79 Å². The number of nitrogens with one attached hydrogen (secondary N) is 1. The van der Waals surface area contributed by atoms with Gasteiger partial charge in [-0.25, -0.2) is 13.4 Å². The molecular weight excluding hydrogens is 430 g/mol. The predicted octanol–water partition coefficient (Wildman–Crippen LogP) is 5.24. The van der Waals surface area contributed by atoms with Crippen LogP contribution in [0, 0.1) is 0 Å². The van der Waals surface area contributed by atoms with E-state index in [2.05, 4.69) is 10.3 Å². The van der Waals surface area contributed by atoms with Crippen molar-refractivity contribution in [2.45, 2.75) is 50.8 Å². The lowest BCUT2D eigenvalue weighted by Gasteiger charge is -2.20. The second kappa shape index (κ2) is 10.3. The quantitative estimate of drug-likeness (QED) is 0.450. The molecule has 1 heterocycles. The predicted molar refractivity (Wildman–Crippen MR) is 127 cm³/mol. The van der Waals surface area contributed by atoms with E-state index in [0.717, 1.165) is 23.1 Å². The van der Waals surface area contributed by atoms with Gasteiger partial charge in [-0.2, -0.15) is 4.31 Å². The first-order chi connectivity index (χ1) is 14.9. The Morgan fingerprint density at radius 3 is 2.35 bits per heavy atom. The van der Waals surface area contributed by atoms with Crippen LogP contribution in [0.25, 0.3) is 10.2 Å². The maximum absolute atomic E-state index is 13.1. The number of amides is 1. The Labute approximate surface area is 188 Å². The number of fused-ring (bicyclic) bond motifs is 1. The molecule has 1 aromatic heterocycles. The van der Waals surface area contributed by atoms with Crippen molar-refractivity contribution in [1.29, 1.82) is 0 Å². The van der Waals surface area contributed by atoms with Crippen LogP contribution in [0.4, 0.5) is 5.13 Å². The first kappa shape index (κ1) is 23.4. The molecule has 8 heteroatoms. The molecule has 0 bridgehead atoms. The van der Waals surface area contributed by atoms with Crippen LogP contribution in [0.2, 0.25) is 0 Å². The van der Waals surface area contributed by atoms with Gasteiger partial charge in [0.15, 0.2) is 5.13 Å². The zero-order valence-electron chi connectivity index (χ0n) is 18.2. The molecule has 0 spiro atoms. The third kappa shape index (κ3) is 5.31. The molecule has 3 aromatic rings. The third-order valence-corrected chi connectivity index (χ3v) is 7.93. The topological polar surface area (TPSA) is 79.4 Å². The molecule has 1 N–H and O–H groups in total. The second-order valence-corrected chi connectivity index (χ2v) is 10.4. The van der Waals surface area contributed by atoms with Crippen LogP contribution in [0.5, 0.6) is 0 Å². The number of anilines is 1. The smallest absolute Gasteiger partial charge is 0.243 e. The van der Waals surface area contributed by atoms with Crippen LogP contribution in [-0.2, 0) is 14.8 Å². The molecular formula is C23H29N3O3S2. The van der Waals surface area contributed by atoms with Crippen LogP contribution in [0.1, 0.15) is 51.5 Å². The van der Waals surface area contributed by atoms with Crippen molar-refractivity contribution >= 4 is 42.6 Å². The van der Waals surface area contributed by atoms with Crippen molar-refractivity contribution in [3.05, 3.63) is 54.1 Å². The molecule has 0 radical (unpaired) electrons. The number of carbonyl (C=O) groups excluding carboxylic acids is 1. The lowest BCUT2D eigenvalue weighted by Crippen LogP contribution is -2.32. The number of hydrogen-bond donors (Lipinski definition) is 1. The van der Waals surface area contributed by atoms with Gasteiger partial charge in [0.05, 0.1) is 21.0 Å². The van der Waals surface area contributed by atoms with Gasteiger partial charge in [0.2, 0.25) is 15.9 Å². The standard InChI is InChI=1S/C23H29N3O3S2/c1-4-14-26(15-5-2)31(28,29)18-12-13-20-21(16-18)30-23(24-20)25-22(27)19(6-3)17-10-8-7-9-11-17/h7-13,16,19H,4-6,14-15H2,1-3H3,(H,24,25,27). The van der Waals surface area contributed by atoms with Crippen molar-refractivity contribution in [3.63, 3.8) is 0 Å². The monoisotopic (exact) mass is 459 g/mol. The average Bonchev–Trinajstić information content (AvgIpc) is 3.16. The lowest BCUT2D eigenvalue weighted by molar-refractivity contribution is -0.117. The fourth-order valence-electron chi connectivity index (χ4n) is 3.57. The summed E-state index contributed by atoms with van der Waals surface area (Å²) in [5, 5.41) is 3.39. The van der Waals surface area contributed by atoms with E-state index >= 15 is 0 Å². The molecule has 0 aliphatic heterocycles. The summed E-state index contributed by atoms with van der Waals surface area (Å²) in [7, 11) is -3.56. The summed E-state index contributed by atoms with van der Waals surface area (Å²) in [6.45, 7) is 6.91. The lowest BCUT2D eigenvalue weighted by atomic mass is 9.96. The Balaban J connectivity index is 1.84. The van der Waals surface area contributed by atoms with Crippen LogP contribution in [0.3, 0.4) is 0 Å². The first-order valence-corrected chi connectivity index (χ1v) is 12.9. The minimum absolute atomic E-state index is 0.113. The van der Waals surface area contributed by atoms with E-state index in [-0.39, 0.29) is 16.7 Å². The molecule has 2 aromatic carbocycles. The molecule has 31 heavy (non-hydrogen) atoms. The van der Waals surface area contributed by atoms with Gasteiger partial charge in [-0.05, 0) is 43.0 Å². The molecule has 6 nitrogen and oxygen atoms in total. The van der Waals surface area contributed by atoms with E-state index in [1.807, 2.05) is 51.1 Å². The van der Waals surface area contributed by atoms with Gasteiger partial charge in [-0.1, -0.05) is 62.4 Å². The van der Waals surface area contributed by atoms with Gasteiger partial charge in [0, 0.05) is 13.1 Å². The molecule has 0 saturated heterocycles. The molecule has 0 fully saturated rings. The summed E-state index contributed by atoms with van der Waals surface area (Å²) in [4.78, 5) is 17.6. The Bertz CT molecular complexity index is 1120. The Hall–Kier alpha value is -2.29. The molecule has 0 aliphatic rings. The Morgan fingerprint density at radius 2 is 1.74 bits per heavy atom. The van der Waals surface area contributed by atoms with E-state index in [1.54, 1.807) is 18.2 Å². The molecule has 1 atom stereocenters. The maximum atomic E-state index is 13.1. The van der Waals surface area contributed by atoms with Crippen molar-refractivity contribution < 1.29 is 13.2 Å². The largest absolute Gasteiger partial charge is 0.301 e. The van der Waals surface area contributed by atoms with E-state index in [0.29, 0.717) is 30.2 Å². The highest BCUT2D eigenvalue weighted by Crippen LogP contribution is 2.30. The minimum Gasteiger partial charge on any atom is -0.301 e. The maximum Gasteiger partial charge on any atom is 0.243 e. The molecule has 3 rings (SSSR count). The first-order valence-electron chi connectivity index (χ1n) is 10.7. The van der Waals surface area contributed by atoms with Gasteiger partial charge in [-0.15, -0.1) is 0 Å². The highest BCUT2D eigenvalue weighted by Gasteiger charge is 2.24. The van der Waals surface area contributed by atoms with Crippen molar-refractivity contribution in [3.8, 4) is 0 Å². The van der Waals surface area contributed by atoms with Gasteiger partial charge < -0.3 is 5.32 Å². The van der Waals surface area contributed by atoms with Crippen LogP contribution in [-0.4, -0.2) is 36.7 Å². The SMILES string of the molecule is CCCN(CCC)S(=O)(=O)c1ccc2nc(NC(=O)C(CC)c3ccccc3)sc2c1. The van der Waals surface area contributed by atoms with E-state index in [4.69, 9.17) is 0 Å². The summed E-state index contributed by atoms with van der Waals surface area (Å²) in [5.74, 6) is -0.376. The Kier molecular flexibility index (Phi) is 7.80. The number of carbonyl (C=O) groups is 1. The van der Waals surface area contributed by atoms with Crippen LogP contribution < -0.4 is 5.32 Å². The van der Waals surface area contributed by atoms with Gasteiger partial charge in [0.1, 0.15) is 0 Å². The summed E-state index contributed by atoms with van der Waals surface area (Å²) >= 11 is 1.29. The van der Waals surface area contributed by atoms with Crippen LogP contribution in [0.15, 0.2) is 53.4 Å². The molecule has 166 valence electrons. The van der Waals surface area contributed by atoms with E-state index < -0.39 is 10.0 Å². The van der Waals surface area contributed by atoms with Crippen LogP contribution >= 0.6 is 11.3 Å². The fourth-order valence-corrected chi connectivity index (χ4v) is 6.20. The summed E-state index contributed by atoms with van der Waals surface area (Å²) in [6, 6.07) is 14.6. The zero-order valence-corrected chi connectivity index (χ0v) is 19.8. The van der Waals surface area contributed by atoms with Crippen molar-refractivity contribution in [2.24, 2.45) is 0 Å². The second-order valence-electron chi connectivity index (χ2n) is 7.41. The number of benzene rings is 2. The summed E-state index contributed by atoms with van der Waals surface area (Å²) in [6.07, 6.45) is 2.20. The number of hydrogen-bond acceptors (Lipinski definition) is 5. The average molecular weight is 460 g/mol. The summed E-state index contributed by atoms with van der Waals surface area (Å²) < 4.78 is 28.4. The molecule has 0 saturated carbocycles. The summed E-state index contributed by atoms with van der Waals surface area (Å²) in [5.41, 5.74) is 1.63. The molecule has 1 unspecified atom stereocenters. The number of nitrogens with zero attached hydrogens (tertiary/aromatic N) is 2. The zero-order chi connectivity index (χ0) is 22.4. The third-order valence-electron chi connectivity index (χ3n) is 5.10. The van der Waals surface area contributed by atoms with Gasteiger partial charge in [0.25, 0.3) is 0 Å². The number of aromatic nitrogens is 1. The highest BCUT2D eigenvalue weighted by atomic mass is 32.2. The van der Waals surface area contributed by atoms with Crippen molar-refractivity contribution in [1.82, 2.24) is 9.29 Å². The molecule has 1 amide bonds. The Morgan fingerprint density at radius 1 is 1.06 bits per heavy atom. The number of thiazole rings is 1. The fraction of sp³-hybridized carbons (Fsp3) is 0.391. The van der Waals surface area contributed by atoms with E-state index in [1.165, 1.54) is 15.6 Å². The normalized spacial score (nSPS) is 12.9. The number of sulfonamides is 1. The van der Waals surface area contributed by atoms with E-state index in [9.17, 15) is 13.2 Å². The van der Waals surface area contributed by atoms with Gasteiger partial charge >= 0.3 is 0 Å². The molecule has 0 aliphatic carbocycles. The number of rotatable bonds is 10.